The normalized spacial score (nSPS) is 10.9. The molecule has 0 N–H and O–H groups in total. The van der Waals surface area contributed by atoms with Gasteiger partial charge in [-0.15, -0.1) is 0 Å². The highest BCUT2D eigenvalue weighted by atomic mass is 16.5. The maximum atomic E-state index is 12.7. The Morgan fingerprint density at radius 1 is 1.00 bits per heavy atom. The standard InChI is InChI=1S/C23H25NO4/c1-5-7-21(25)28-18-12-13-20-19(14-18)22(23(26)27-6-2)16(4)24(20)17-10-8-15(3)9-11-17/h8-14H,5-7H2,1-4H3. The minimum Gasteiger partial charge on any atom is -0.462 e. The average molecular weight is 379 g/mol. The number of ether oxygens (including phenoxy) is 2. The van der Waals surface area contributed by atoms with Gasteiger partial charge < -0.3 is 14.0 Å². The summed E-state index contributed by atoms with van der Waals surface area (Å²) in [7, 11) is 0. The lowest BCUT2D eigenvalue weighted by Crippen LogP contribution is -2.07. The lowest BCUT2D eigenvalue weighted by molar-refractivity contribution is -0.134. The highest BCUT2D eigenvalue weighted by Crippen LogP contribution is 2.32. The first kappa shape index (κ1) is 19.7. The van der Waals surface area contributed by atoms with Gasteiger partial charge in [0.2, 0.25) is 0 Å². The van der Waals surface area contributed by atoms with Crippen molar-refractivity contribution in [2.45, 2.75) is 40.5 Å². The SMILES string of the molecule is CCCC(=O)Oc1ccc2c(c1)c(C(=O)OCC)c(C)n2-c1ccc(C)cc1. The second-order valence-corrected chi connectivity index (χ2v) is 6.75. The van der Waals surface area contributed by atoms with Crippen LogP contribution in [0, 0.1) is 13.8 Å². The average Bonchev–Trinajstić information content (AvgIpc) is 2.94. The number of benzene rings is 2. The monoisotopic (exact) mass is 379 g/mol. The first-order chi connectivity index (χ1) is 13.5. The lowest BCUT2D eigenvalue weighted by Gasteiger charge is -2.09. The highest BCUT2D eigenvalue weighted by molar-refractivity contribution is 6.07. The molecule has 0 radical (unpaired) electrons. The van der Waals surface area contributed by atoms with Crippen LogP contribution < -0.4 is 4.74 Å². The van der Waals surface area contributed by atoms with Crippen LogP contribution in [0.4, 0.5) is 0 Å². The van der Waals surface area contributed by atoms with E-state index in [-0.39, 0.29) is 11.9 Å². The molecule has 1 aromatic heterocycles. The molecule has 0 bridgehead atoms. The van der Waals surface area contributed by atoms with Crippen molar-refractivity contribution in [3.05, 3.63) is 59.3 Å². The predicted octanol–water partition coefficient (Wildman–Crippen LogP) is 5.13. The van der Waals surface area contributed by atoms with Crippen molar-refractivity contribution in [2.75, 3.05) is 6.61 Å². The van der Waals surface area contributed by atoms with E-state index in [1.54, 1.807) is 19.1 Å². The molecule has 0 aliphatic heterocycles. The molecule has 0 fully saturated rings. The summed E-state index contributed by atoms with van der Waals surface area (Å²) in [6.07, 6.45) is 1.07. The number of nitrogens with zero attached hydrogens (tertiary/aromatic N) is 1. The van der Waals surface area contributed by atoms with Crippen LogP contribution in [-0.2, 0) is 9.53 Å². The van der Waals surface area contributed by atoms with E-state index in [1.165, 1.54) is 0 Å². The Morgan fingerprint density at radius 2 is 1.71 bits per heavy atom. The molecule has 0 aliphatic rings. The second-order valence-electron chi connectivity index (χ2n) is 6.75. The van der Waals surface area contributed by atoms with Gasteiger partial charge in [-0.05, 0) is 57.5 Å². The predicted molar refractivity (Wildman–Crippen MR) is 109 cm³/mol. The molecule has 0 spiro atoms. The van der Waals surface area contributed by atoms with Crippen LogP contribution in [0.5, 0.6) is 5.75 Å². The summed E-state index contributed by atoms with van der Waals surface area (Å²) < 4.78 is 12.7. The van der Waals surface area contributed by atoms with E-state index in [4.69, 9.17) is 9.47 Å². The number of aromatic nitrogens is 1. The topological polar surface area (TPSA) is 57.5 Å². The second kappa shape index (κ2) is 8.30. The van der Waals surface area contributed by atoms with E-state index in [0.29, 0.717) is 29.7 Å². The molecule has 146 valence electrons. The van der Waals surface area contributed by atoms with Crippen LogP contribution in [0.25, 0.3) is 16.6 Å². The molecule has 0 atom stereocenters. The van der Waals surface area contributed by atoms with Crippen LogP contribution in [0.3, 0.4) is 0 Å². The Hall–Kier alpha value is -3.08. The summed E-state index contributed by atoms with van der Waals surface area (Å²) in [5.74, 6) is -0.236. The highest BCUT2D eigenvalue weighted by Gasteiger charge is 2.22. The van der Waals surface area contributed by atoms with Crippen molar-refractivity contribution >= 4 is 22.8 Å². The fourth-order valence-corrected chi connectivity index (χ4v) is 3.34. The first-order valence-electron chi connectivity index (χ1n) is 9.56. The van der Waals surface area contributed by atoms with Crippen LogP contribution in [0.1, 0.15) is 48.3 Å². The van der Waals surface area contributed by atoms with Crippen LogP contribution in [-0.4, -0.2) is 23.1 Å². The van der Waals surface area contributed by atoms with Gasteiger partial charge in [0.25, 0.3) is 0 Å². The number of hydrogen-bond donors (Lipinski definition) is 0. The van der Waals surface area contributed by atoms with E-state index in [1.807, 2.05) is 55.7 Å². The van der Waals surface area contributed by atoms with Gasteiger partial charge in [-0.2, -0.15) is 0 Å². The van der Waals surface area contributed by atoms with Gasteiger partial charge in [-0.1, -0.05) is 24.6 Å². The van der Waals surface area contributed by atoms with Gasteiger partial charge in [0.05, 0.1) is 17.7 Å². The molecule has 5 nitrogen and oxygen atoms in total. The summed E-state index contributed by atoms with van der Waals surface area (Å²) in [5, 5.41) is 0.707. The third kappa shape index (κ3) is 3.79. The number of rotatable bonds is 6. The number of fused-ring (bicyclic) bond motifs is 1. The number of esters is 2. The quantitative estimate of drug-likeness (QED) is 0.440. The fourth-order valence-electron chi connectivity index (χ4n) is 3.34. The van der Waals surface area contributed by atoms with E-state index in [0.717, 1.165) is 28.9 Å². The molecule has 2 aromatic carbocycles. The number of carbonyl (C=O) groups is 2. The zero-order valence-corrected chi connectivity index (χ0v) is 16.7. The molecule has 0 saturated heterocycles. The van der Waals surface area contributed by atoms with Crippen molar-refractivity contribution in [1.29, 1.82) is 0 Å². The van der Waals surface area contributed by atoms with Crippen LogP contribution in [0.15, 0.2) is 42.5 Å². The fraction of sp³-hybridized carbons (Fsp3) is 0.304. The smallest absolute Gasteiger partial charge is 0.340 e. The first-order valence-corrected chi connectivity index (χ1v) is 9.56. The Kier molecular flexibility index (Phi) is 5.83. The molecular formula is C23H25NO4. The molecule has 3 aromatic rings. The van der Waals surface area contributed by atoms with Crippen LogP contribution in [0.2, 0.25) is 0 Å². The molecule has 0 amide bonds. The number of hydrogen-bond acceptors (Lipinski definition) is 4. The van der Waals surface area contributed by atoms with Gasteiger partial charge in [-0.3, -0.25) is 4.79 Å². The number of aryl methyl sites for hydroxylation is 1. The van der Waals surface area contributed by atoms with Crippen molar-refractivity contribution in [2.24, 2.45) is 0 Å². The van der Waals surface area contributed by atoms with E-state index >= 15 is 0 Å². The minimum absolute atomic E-state index is 0.283. The Labute approximate surface area is 164 Å². The van der Waals surface area contributed by atoms with Crippen molar-refractivity contribution in [3.63, 3.8) is 0 Å². The molecular weight excluding hydrogens is 354 g/mol. The summed E-state index contributed by atoms with van der Waals surface area (Å²) >= 11 is 0. The van der Waals surface area contributed by atoms with Gasteiger partial charge in [0.1, 0.15) is 5.75 Å². The third-order valence-electron chi connectivity index (χ3n) is 4.63. The van der Waals surface area contributed by atoms with Crippen LogP contribution >= 0.6 is 0 Å². The maximum Gasteiger partial charge on any atom is 0.340 e. The molecule has 0 aliphatic carbocycles. The summed E-state index contributed by atoms with van der Waals surface area (Å²) in [6, 6.07) is 13.5. The minimum atomic E-state index is -0.382. The maximum absolute atomic E-state index is 12.7. The molecule has 5 heteroatoms. The van der Waals surface area contributed by atoms with E-state index in [2.05, 4.69) is 0 Å². The van der Waals surface area contributed by atoms with E-state index < -0.39 is 0 Å². The van der Waals surface area contributed by atoms with Gasteiger partial charge in [-0.25, -0.2) is 4.79 Å². The van der Waals surface area contributed by atoms with Gasteiger partial charge in [0.15, 0.2) is 0 Å². The lowest BCUT2D eigenvalue weighted by atomic mass is 10.1. The molecule has 28 heavy (non-hydrogen) atoms. The Morgan fingerprint density at radius 3 is 2.36 bits per heavy atom. The van der Waals surface area contributed by atoms with Gasteiger partial charge in [0, 0.05) is 23.2 Å². The molecule has 0 unspecified atom stereocenters. The van der Waals surface area contributed by atoms with E-state index in [9.17, 15) is 9.59 Å². The summed E-state index contributed by atoms with van der Waals surface area (Å²) in [5.41, 5.74) is 4.26. The Balaban J connectivity index is 2.18. The van der Waals surface area contributed by atoms with Crippen molar-refractivity contribution in [1.82, 2.24) is 4.57 Å². The molecule has 3 rings (SSSR count). The third-order valence-corrected chi connectivity index (χ3v) is 4.63. The van der Waals surface area contributed by atoms with Crippen molar-refractivity contribution < 1.29 is 19.1 Å². The summed E-state index contributed by atoms with van der Waals surface area (Å²) in [6.45, 7) is 7.93. The zero-order valence-electron chi connectivity index (χ0n) is 16.7. The largest absolute Gasteiger partial charge is 0.462 e. The van der Waals surface area contributed by atoms with Gasteiger partial charge >= 0.3 is 11.9 Å². The van der Waals surface area contributed by atoms with Crippen molar-refractivity contribution in [3.8, 4) is 11.4 Å². The molecule has 0 saturated carbocycles. The molecule has 1 heterocycles. The Bertz CT molecular complexity index is 1020. The zero-order chi connectivity index (χ0) is 20.3. The summed E-state index contributed by atoms with van der Waals surface area (Å²) in [4.78, 5) is 24.5. The number of carbonyl (C=O) groups excluding carboxylic acids is 2.